The molecule has 120 valence electrons. The van der Waals surface area contributed by atoms with E-state index in [2.05, 4.69) is 50.4 Å². The summed E-state index contributed by atoms with van der Waals surface area (Å²) in [7, 11) is 0. The van der Waals surface area contributed by atoms with Crippen molar-refractivity contribution in [1.82, 2.24) is 5.32 Å². The Balaban J connectivity index is 2.33. The monoisotopic (exact) mass is 289 g/mol. The van der Waals surface area contributed by atoms with Gasteiger partial charge in [-0.05, 0) is 31.9 Å². The Labute approximate surface area is 132 Å². The standard InChI is InChI=1S/C20H35N/c1-4-6-7-8-9-10-11-15-20(21-16-5-2)19-14-12-13-18(3)17-19/h12-14,17,20-21H,4-11,15-16H2,1-3H3. The highest BCUT2D eigenvalue weighted by Gasteiger charge is 2.10. The van der Waals surface area contributed by atoms with E-state index in [-0.39, 0.29) is 0 Å². The highest BCUT2D eigenvalue weighted by atomic mass is 14.9. The van der Waals surface area contributed by atoms with Crippen LogP contribution in [-0.2, 0) is 0 Å². The second-order valence-corrected chi connectivity index (χ2v) is 6.33. The Kier molecular flexibility index (Phi) is 10.2. The summed E-state index contributed by atoms with van der Waals surface area (Å²) in [5, 5.41) is 3.72. The van der Waals surface area contributed by atoms with E-state index in [1.54, 1.807) is 0 Å². The second kappa shape index (κ2) is 11.8. The Morgan fingerprint density at radius 1 is 0.905 bits per heavy atom. The molecule has 1 N–H and O–H groups in total. The molecule has 1 rings (SSSR count). The first-order valence-electron chi connectivity index (χ1n) is 9.07. The van der Waals surface area contributed by atoms with Crippen LogP contribution in [0.4, 0.5) is 0 Å². The quantitative estimate of drug-likeness (QED) is 0.453. The van der Waals surface area contributed by atoms with E-state index in [9.17, 15) is 0 Å². The number of nitrogens with one attached hydrogen (secondary N) is 1. The van der Waals surface area contributed by atoms with E-state index in [0.717, 1.165) is 6.54 Å². The van der Waals surface area contributed by atoms with Gasteiger partial charge in [0.1, 0.15) is 0 Å². The maximum Gasteiger partial charge on any atom is 0.0320 e. The summed E-state index contributed by atoms with van der Waals surface area (Å²) in [4.78, 5) is 0. The van der Waals surface area contributed by atoms with Crippen LogP contribution in [0.5, 0.6) is 0 Å². The largest absolute Gasteiger partial charge is 0.310 e. The highest BCUT2D eigenvalue weighted by Crippen LogP contribution is 2.21. The molecule has 1 atom stereocenters. The van der Waals surface area contributed by atoms with Crippen LogP contribution in [0.15, 0.2) is 24.3 Å². The molecule has 1 unspecified atom stereocenters. The minimum absolute atomic E-state index is 0.542. The fourth-order valence-electron chi connectivity index (χ4n) is 2.90. The first-order chi connectivity index (χ1) is 10.3. The molecule has 0 radical (unpaired) electrons. The van der Waals surface area contributed by atoms with Gasteiger partial charge in [-0.3, -0.25) is 0 Å². The van der Waals surface area contributed by atoms with Gasteiger partial charge in [-0.1, -0.05) is 88.6 Å². The fourth-order valence-corrected chi connectivity index (χ4v) is 2.90. The van der Waals surface area contributed by atoms with Crippen molar-refractivity contribution in [1.29, 1.82) is 0 Å². The topological polar surface area (TPSA) is 12.0 Å². The first kappa shape index (κ1) is 18.2. The lowest BCUT2D eigenvalue weighted by Crippen LogP contribution is -2.22. The van der Waals surface area contributed by atoms with Gasteiger partial charge in [0.25, 0.3) is 0 Å². The van der Waals surface area contributed by atoms with Crippen LogP contribution >= 0.6 is 0 Å². The number of aryl methyl sites for hydroxylation is 1. The third-order valence-corrected chi connectivity index (χ3v) is 4.18. The molecule has 1 nitrogen and oxygen atoms in total. The lowest BCUT2D eigenvalue weighted by atomic mass is 9.98. The highest BCUT2D eigenvalue weighted by molar-refractivity contribution is 5.25. The van der Waals surface area contributed by atoms with Gasteiger partial charge in [-0.15, -0.1) is 0 Å². The van der Waals surface area contributed by atoms with Crippen molar-refractivity contribution >= 4 is 0 Å². The van der Waals surface area contributed by atoms with Gasteiger partial charge in [0.05, 0.1) is 0 Å². The molecule has 0 spiro atoms. The van der Waals surface area contributed by atoms with Crippen molar-refractivity contribution in [3.63, 3.8) is 0 Å². The SMILES string of the molecule is CCCCCCCCCC(NCCC)c1cccc(C)c1. The molecule has 1 aromatic carbocycles. The molecule has 0 aliphatic rings. The van der Waals surface area contributed by atoms with Crippen molar-refractivity contribution in [2.45, 2.75) is 84.6 Å². The van der Waals surface area contributed by atoms with Gasteiger partial charge in [0, 0.05) is 6.04 Å². The normalized spacial score (nSPS) is 12.5. The molecule has 1 heteroatoms. The van der Waals surface area contributed by atoms with Crippen molar-refractivity contribution < 1.29 is 0 Å². The summed E-state index contributed by atoms with van der Waals surface area (Å²) >= 11 is 0. The van der Waals surface area contributed by atoms with Crippen molar-refractivity contribution in [3.8, 4) is 0 Å². The van der Waals surface area contributed by atoms with Crippen molar-refractivity contribution in [3.05, 3.63) is 35.4 Å². The first-order valence-corrected chi connectivity index (χ1v) is 9.07. The van der Waals surface area contributed by atoms with E-state index >= 15 is 0 Å². The molecule has 0 bridgehead atoms. The molecular weight excluding hydrogens is 254 g/mol. The number of benzene rings is 1. The zero-order chi connectivity index (χ0) is 15.3. The summed E-state index contributed by atoms with van der Waals surface area (Å²) in [5.41, 5.74) is 2.84. The van der Waals surface area contributed by atoms with E-state index < -0.39 is 0 Å². The maximum atomic E-state index is 3.72. The Bertz CT molecular complexity index is 359. The molecule has 0 saturated carbocycles. The smallest absolute Gasteiger partial charge is 0.0320 e. The van der Waals surface area contributed by atoms with E-state index in [1.165, 1.54) is 68.9 Å². The molecule has 0 aliphatic heterocycles. The van der Waals surface area contributed by atoms with Gasteiger partial charge in [-0.25, -0.2) is 0 Å². The van der Waals surface area contributed by atoms with Crippen LogP contribution in [0.3, 0.4) is 0 Å². The average molecular weight is 290 g/mol. The molecule has 0 amide bonds. The van der Waals surface area contributed by atoms with Crippen LogP contribution in [0, 0.1) is 6.92 Å². The summed E-state index contributed by atoms with van der Waals surface area (Å²) in [6.45, 7) is 7.84. The van der Waals surface area contributed by atoms with Gasteiger partial charge in [0.15, 0.2) is 0 Å². The molecule has 0 aliphatic carbocycles. The van der Waals surface area contributed by atoms with Gasteiger partial charge in [-0.2, -0.15) is 0 Å². The number of hydrogen-bond acceptors (Lipinski definition) is 1. The summed E-state index contributed by atoms with van der Waals surface area (Å²) in [6, 6.07) is 9.54. The third kappa shape index (κ3) is 8.26. The van der Waals surface area contributed by atoms with Gasteiger partial charge < -0.3 is 5.32 Å². The molecule has 1 aromatic rings. The lowest BCUT2D eigenvalue weighted by molar-refractivity contribution is 0.465. The fraction of sp³-hybridized carbons (Fsp3) is 0.700. The minimum Gasteiger partial charge on any atom is -0.310 e. The van der Waals surface area contributed by atoms with Crippen LogP contribution in [0.1, 0.15) is 88.8 Å². The molecular formula is C20H35N. The average Bonchev–Trinajstić information content (AvgIpc) is 2.49. The van der Waals surface area contributed by atoms with Crippen LogP contribution in [-0.4, -0.2) is 6.54 Å². The van der Waals surface area contributed by atoms with Gasteiger partial charge >= 0.3 is 0 Å². The van der Waals surface area contributed by atoms with Crippen LogP contribution in [0.2, 0.25) is 0 Å². The Morgan fingerprint density at radius 3 is 2.29 bits per heavy atom. The van der Waals surface area contributed by atoms with Crippen molar-refractivity contribution in [2.75, 3.05) is 6.54 Å². The third-order valence-electron chi connectivity index (χ3n) is 4.18. The van der Waals surface area contributed by atoms with E-state index in [1.807, 2.05) is 0 Å². The maximum absolute atomic E-state index is 3.72. The summed E-state index contributed by atoms with van der Waals surface area (Å²) < 4.78 is 0. The molecule has 0 saturated heterocycles. The van der Waals surface area contributed by atoms with E-state index in [4.69, 9.17) is 0 Å². The molecule has 0 fully saturated rings. The van der Waals surface area contributed by atoms with E-state index in [0.29, 0.717) is 6.04 Å². The molecule has 0 heterocycles. The Hall–Kier alpha value is -0.820. The second-order valence-electron chi connectivity index (χ2n) is 6.33. The molecule has 21 heavy (non-hydrogen) atoms. The summed E-state index contributed by atoms with van der Waals surface area (Å²) in [5.74, 6) is 0. The predicted molar refractivity (Wildman–Crippen MR) is 94.8 cm³/mol. The molecule has 0 aromatic heterocycles. The number of rotatable bonds is 12. The zero-order valence-electron chi connectivity index (χ0n) is 14.5. The minimum atomic E-state index is 0.542. The predicted octanol–water partition coefficient (Wildman–Crippen LogP) is 6.18. The number of unbranched alkanes of at least 4 members (excludes halogenated alkanes) is 6. The van der Waals surface area contributed by atoms with Crippen molar-refractivity contribution in [2.24, 2.45) is 0 Å². The Morgan fingerprint density at radius 2 is 1.62 bits per heavy atom. The summed E-state index contributed by atoms with van der Waals surface area (Å²) in [6.07, 6.45) is 12.2. The lowest BCUT2D eigenvalue weighted by Gasteiger charge is -2.19. The zero-order valence-corrected chi connectivity index (χ0v) is 14.5. The van der Waals surface area contributed by atoms with Crippen LogP contribution < -0.4 is 5.32 Å². The number of hydrogen-bond donors (Lipinski definition) is 1. The van der Waals surface area contributed by atoms with Gasteiger partial charge in [0.2, 0.25) is 0 Å². The van der Waals surface area contributed by atoms with Crippen LogP contribution in [0.25, 0.3) is 0 Å².